The predicted octanol–water partition coefficient (Wildman–Crippen LogP) is 4.17. The van der Waals surface area contributed by atoms with E-state index in [1.807, 2.05) is 38.1 Å². The highest BCUT2D eigenvalue weighted by molar-refractivity contribution is 8.00. The smallest absolute Gasteiger partial charge is 0.230 e. The molecule has 0 radical (unpaired) electrons. The lowest BCUT2D eigenvalue weighted by Crippen LogP contribution is -2.28. The number of carbonyl (C=O) groups excluding carboxylic acids is 1. The Morgan fingerprint density at radius 3 is 2.67 bits per heavy atom. The molecule has 1 atom stereocenters. The van der Waals surface area contributed by atoms with Crippen molar-refractivity contribution >= 4 is 39.2 Å². The van der Waals surface area contributed by atoms with Gasteiger partial charge in [0.05, 0.1) is 17.5 Å². The molecule has 0 spiro atoms. The van der Waals surface area contributed by atoms with Crippen LogP contribution in [0.3, 0.4) is 0 Å². The van der Waals surface area contributed by atoms with E-state index >= 15 is 0 Å². The van der Waals surface area contributed by atoms with E-state index in [4.69, 9.17) is 0 Å². The van der Waals surface area contributed by atoms with Crippen molar-refractivity contribution in [2.24, 2.45) is 0 Å². The van der Waals surface area contributed by atoms with E-state index in [1.165, 1.54) is 28.5 Å². The first-order valence-corrected chi connectivity index (χ1v) is 11.3. The maximum absolute atomic E-state index is 12.6. The molecule has 3 heterocycles. The van der Waals surface area contributed by atoms with Gasteiger partial charge in [-0.1, -0.05) is 23.9 Å². The summed E-state index contributed by atoms with van der Waals surface area (Å²) in [6, 6.07) is 7.81. The number of amides is 1. The lowest BCUT2D eigenvalue weighted by Gasteiger charge is -2.15. The van der Waals surface area contributed by atoms with Gasteiger partial charge in [-0.15, -0.1) is 11.3 Å². The lowest BCUT2D eigenvalue weighted by atomic mass is 10.1. The van der Waals surface area contributed by atoms with E-state index in [0.29, 0.717) is 5.75 Å². The monoisotopic (exact) mass is 438 g/mol. The topological polar surface area (TPSA) is 85.6 Å². The van der Waals surface area contributed by atoms with Crippen LogP contribution in [0.25, 0.3) is 15.9 Å². The van der Waals surface area contributed by atoms with E-state index < -0.39 is 0 Å². The summed E-state index contributed by atoms with van der Waals surface area (Å²) < 4.78 is 1.70. The Labute approximate surface area is 183 Å². The fraction of sp³-hybridized carbons (Fsp3) is 0.286. The van der Waals surface area contributed by atoms with Gasteiger partial charge in [-0.05, 0) is 51.0 Å². The van der Waals surface area contributed by atoms with Crippen LogP contribution < -0.4 is 5.32 Å². The molecule has 7 nitrogen and oxygen atoms in total. The summed E-state index contributed by atoms with van der Waals surface area (Å²) in [4.78, 5) is 27.9. The second-order valence-electron chi connectivity index (χ2n) is 7.05. The van der Waals surface area contributed by atoms with Crippen LogP contribution in [0, 0.1) is 20.8 Å². The number of aryl methyl sites for hydroxylation is 3. The molecule has 0 fully saturated rings. The summed E-state index contributed by atoms with van der Waals surface area (Å²) in [6.07, 6.45) is 3.15. The van der Waals surface area contributed by atoms with Gasteiger partial charge in [0.25, 0.3) is 0 Å². The number of hydrogen-bond acceptors (Lipinski definition) is 7. The first-order valence-electron chi connectivity index (χ1n) is 9.54. The van der Waals surface area contributed by atoms with Gasteiger partial charge in [0.2, 0.25) is 5.91 Å². The lowest BCUT2D eigenvalue weighted by molar-refractivity contribution is -0.119. The highest BCUT2D eigenvalue weighted by Crippen LogP contribution is 2.35. The van der Waals surface area contributed by atoms with Crippen molar-refractivity contribution in [3.8, 4) is 5.69 Å². The zero-order valence-corrected chi connectivity index (χ0v) is 18.8. The molecule has 9 heteroatoms. The number of benzene rings is 1. The normalized spacial score (nSPS) is 12.3. The second-order valence-corrected chi connectivity index (χ2v) is 9.22. The number of carbonyl (C=O) groups is 1. The summed E-state index contributed by atoms with van der Waals surface area (Å²) >= 11 is 3.14. The van der Waals surface area contributed by atoms with E-state index in [0.717, 1.165) is 32.3 Å². The molecule has 1 aromatic carbocycles. The van der Waals surface area contributed by atoms with Crippen LogP contribution in [0.1, 0.15) is 34.8 Å². The number of rotatable bonds is 6. The molecule has 154 valence electrons. The molecule has 0 aliphatic heterocycles. The van der Waals surface area contributed by atoms with E-state index in [-0.39, 0.29) is 11.9 Å². The van der Waals surface area contributed by atoms with Crippen molar-refractivity contribution in [1.29, 1.82) is 0 Å². The number of nitrogens with zero attached hydrogens (tertiary/aromatic N) is 5. The van der Waals surface area contributed by atoms with Crippen LogP contribution in [0.5, 0.6) is 0 Å². The van der Waals surface area contributed by atoms with Gasteiger partial charge >= 0.3 is 0 Å². The van der Waals surface area contributed by atoms with Crippen molar-refractivity contribution in [1.82, 2.24) is 30.0 Å². The van der Waals surface area contributed by atoms with Crippen molar-refractivity contribution in [3.63, 3.8) is 0 Å². The third-order valence-corrected chi connectivity index (χ3v) is 6.98. The molecule has 4 aromatic rings. The molecule has 0 saturated heterocycles. The van der Waals surface area contributed by atoms with E-state index in [9.17, 15) is 4.79 Å². The Morgan fingerprint density at radius 2 is 1.97 bits per heavy atom. The zero-order valence-electron chi connectivity index (χ0n) is 17.2. The summed E-state index contributed by atoms with van der Waals surface area (Å²) in [5.74, 6) is 1.01. The minimum atomic E-state index is -0.0971. The van der Waals surface area contributed by atoms with Crippen LogP contribution in [-0.4, -0.2) is 36.4 Å². The number of fused-ring (bicyclic) bond motifs is 1. The molecular formula is C21H22N6OS2. The van der Waals surface area contributed by atoms with Crippen molar-refractivity contribution in [2.45, 2.75) is 38.8 Å². The van der Waals surface area contributed by atoms with Crippen molar-refractivity contribution in [2.75, 3.05) is 5.75 Å². The summed E-state index contributed by atoms with van der Waals surface area (Å²) in [5, 5.41) is 9.13. The fourth-order valence-corrected chi connectivity index (χ4v) is 5.26. The maximum atomic E-state index is 12.6. The average molecular weight is 439 g/mol. The zero-order chi connectivity index (χ0) is 21.3. The van der Waals surface area contributed by atoms with Gasteiger partial charge < -0.3 is 5.32 Å². The Hall–Kier alpha value is -2.78. The molecule has 1 unspecified atom stereocenters. The second kappa shape index (κ2) is 8.53. The molecule has 3 aromatic heterocycles. The molecule has 4 rings (SSSR count). The third kappa shape index (κ3) is 4.22. The van der Waals surface area contributed by atoms with Gasteiger partial charge in [-0.3, -0.25) is 4.79 Å². The van der Waals surface area contributed by atoms with Gasteiger partial charge in [0.1, 0.15) is 28.3 Å². The summed E-state index contributed by atoms with van der Waals surface area (Å²) in [7, 11) is 0. The number of thioether (sulfide) groups is 1. The number of nitrogens with one attached hydrogen (secondary N) is 1. The molecule has 1 amide bonds. The van der Waals surface area contributed by atoms with Crippen LogP contribution >= 0.6 is 23.1 Å². The van der Waals surface area contributed by atoms with Gasteiger partial charge in [-0.2, -0.15) is 5.10 Å². The van der Waals surface area contributed by atoms with Crippen LogP contribution in [0.4, 0.5) is 0 Å². The number of aromatic nitrogens is 5. The van der Waals surface area contributed by atoms with Crippen molar-refractivity contribution < 1.29 is 4.79 Å². The van der Waals surface area contributed by atoms with Crippen molar-refractivity contribution in [3.05, 3.63) is 58.7 Å². The van der Waals surface area contributed by atoms with Gasteiger partial charge in [0, 0.05) is 10.3 Å². The quantitative estimate of drug-likeness (QED) is 0.359. The van der Waals surface area contributed by atoms with Crippen LogP contribution in [0.2, 0.25) is 0 Å². The SMILES string of the molecule is Cc1nc(SCC(=O)NC(C)c2ccc(-n3cncn3)cc2)c2c(C)c(C)sc2n1. The molecule has 30 heavy (non-hydrogen) atoms. The highest BCUT2D eigenvalue weighted by Gasteiger charge is 2.16. The number of thiophene rings is 1. The molecular weight excluding hydrogens is 416 g/mol. The minimum absolute atomic E-state index is 0.0260. The maximum Gasteiger partial charge on any atom is 0.230 e. The average Bonchev–Trinajstić information content (AvgIpc) is 3.35. The van der Waals surface area contributed by atoms with Crippen LogP contribution in [-0.2, 0) is 4.79 Å². The Balaban J connectivity index is 1.41. The minimum Gasteiger partial charge on any atom is -0.349 e. The number of hydrogen-bond donors (Lipinski definition) is 1. The van der Waals surface area contributed by atoms with E-state index in [2.05, 4.69) is 39.2 Å². The Bertz CT molecular complexity index is 1180. The first kappa shape index (κ1) is 20.5. The third-order valence-electron chi connectivity index (χ3n) is 4.90. The predicted molar refractivity (Wildman–Crippen MR) is 120 cm³/mol. The molecule has 1 N–H and O–H groups in total. The summed E-state index contributed by atoms with van der Waals surface area (Å²) in [6.45, 7) is 8.04. The first-order chi connectivity index (χ1) is 14.4. The Kier molecular flexibility index (Phi) is 5.83. The Morgan fingerprint density at radius 1 is 1.20 bits per heavy atom. The molecule has 0 bridgehead atoms. The molecule has 0 aliphatic rings. The van der Waals surface area contributed by atoms with E-state index in [1.54, 1.807) is 22.3 Å². The van der Waals surface area contributed by atoms with Gasteiger partial charge in [0.15, 0.2) is 0 Å². The largest absolute Gasteiger partial charge is 0.349 e. The van der Waals surface area contributed by atoms with Crippen LogP contribution in [0.15, 0.2) is 41.9 Å². The fourth-order valence-electron chi connectivity index (χ4n) is 3.18. The standard InChI is InChI=1S/C21H22N6OS2/c1-12-14(3)30-21-19(12)20(25-15(4)26-21)29-9-18(28)24-13(2)16-5-7-17(8-6-16)27-11-22-10-23-27/h5-8,10-11,13H,9H2,1-4H3,(H,24,28). The highest BCUT2D eigenvalue weighted by atomic mass is 32.2. The molecule has 0 saturated carbocycles. The summed E-state index contributed by atoms with van der Waals surface area (Å²) in [5.41, 5.74) is 3.15. The molecule has 0 aliphatic carbocycles. The van der Waals surface area contributed by atoms with Gasteiger partial charge in [-0.25, -0.2) is 19.6 Å².